The van der Waals surface area contributed by atoms with Crippen molar-refractivity contribution in [2.75, 3.05) is 18.5 Å². The van der Waals surface area contributed by atoms with Gasteiger partial charge in [0.05, 0.1) is 37.3 Å². The summed E-state index contributed by atoms with van der Waals surface area (Å²) in [4.78, 5) is 28.8. The third-order valence-corrected chi connectivity index (χ3v) is 11.7. The predicted molar refractivity (Wildman–Crippen MR) is 201 cm³/mol. The average molecular weight is 759 g/mol. The van der Waals surface area contributed by atoms with Gasteiger partial charge in [-0.2, -0.15) is 9.97 Å². The molecule has 3 heterocycles. The van der Waals surface area contributed by atoms with Gasteiger partial charge in [-0.25, -0.2) is 9.78 Å². The fourth-order valence-electron chi connectivity index (χ4n) is 4.87. The maximum atomic E-state index is 13.0. The van der Waals surface area contributed by atoms with Gasteiger partial charge in [-0.1, -0.05) is 66.6 Å². The van der Waals surface area contributed by atoms with Gasteiger partial charge in [0, 0.05) is 11.3 Å². The van der Waals surface area contributed by atoms with Crippen LogP contribution in [0.5, 0.6) is 17.4 Å². The summed E-state index contributed by atoms with van der Waals surface area (Å²) in [5.41, 5.74) is 17.1. The number of aromatic nitrogens is 4. The molecule has 1 aliphatic heterocycles. The highest BCUT2D eigenvalue weighted by Gasteiger charge is 2.35. The molecular weight excluding hydrogens is 713 g/mol. The van der Waals surface area contributed by atoms with E-state index >= 15 is 0 Å². The number of nitrogen functional groups attached to an aromatic ring is 1. The molecular formula is C33H45N8O7P3. The number of carbonyl (C=O) groups is 1. The van der Waals surface area contributed by atoms with Gasteiger partial charge in [0.2, 0.25) is 11.8 Å². The van der Waals surface area contributed by atoms with Crippen LogP contribution in [0, 0.1) is 0 Å². The third-order valence-electron chi connectivity index (χ3n) is 7.23. The summed E-state index contributed by atoms with van der Waals surface area (Å²) < 4.78 is 35.8. The zero-order chi connectivity index (χ0) is 37.2. The van der Waals surface area contributed by atoms with E-state index in [2.05, 4.69) is 31.9 Å². The molecule has 0 radical (unpaired) electrons. The van der Waals surface area contributed by atoms with E-state index in [1.54, 1.807) is 53.4 Å². The summed E-state index contributed by atoms with van der Waals surface area (Å²) >= 11 is 0. The zero-order valence-corrected chi connectivity index (χ0v) is 32.2. The average Bonchev–Trinajstić information content (AvgIpc) is 3.75. The Kier molecular flexibility index (Phi) is 18.0. The topological polar surface area (TPSA) is 210 Å². The van der Waals surface area contributed by atoms with Crippen molar-refractivity contribution in [1.29, 1.82) is 0 Å². The minimum Gasteiger partial charge on any atom is -0.494 e. The molecule has 3 N–H and O–H groups in total. The number of esters is 1. The number of nitrogens with zero attached hydrogens (tertiary/aromatic N) is 7. The van der Waals surface area contributed by atoms with Crippen LogP contribution in [0.4, 0.5) is 5.95 Å². The van der Waals surface area contributed by atoms with Gasteiger partial charge in [-0.3, -0.25) is 9.13 Å². The van der Waals surface area contributed by atoms with Crippen molar-refractivity contribution in [3.8, 4) is 17.4 Å². The summed E-state index contributed by atoms with van der Waals surface area (Å²) in [5.74, 6) is 0.474. The number of fused-ring (bicyclic) bond motifs is 1. The first-order chi connectivity index (χ1) is 24.9. The quantitative estimate of drug-likeness (QED) is 0.0211. The fraction of sp³-hybridized carbons (Fsp3) is 0.455. The largest absolute Gasteiger partial charge is 0.494 e. The van der Waals surface area contributed by atoms with E-state index in [1.807, 2.05) is 27.7 Å². The number of anilines is 1. The molecule has 1 aliphatic rings. The SMILES string of the molecule is CC.CC.CCCCOc1ccc(C(=O)Oc2ccc(COc3nc(N)nc4c3ncn4C3CC(O)C(CPPP=O)O3)cc2)c(CN=[N+]=[N-])c1. The number of rotatable bonds is 16. The summed E-state index contributed by atoms with van der Waals surface area (Å²) in [6.45, 7) is 10.7. The van der Waals surface area contributed by atoms with E-state index in [4.69, 9.17) is 30.2 Å². The highest BCUT2D eigenvalue weighted by molar-refractivity contribution is 8.40. The van der Waals surface area contributed by atoms with E-state index in [0.717, 1.165) is 18.4 Å². The van der Waals surface area contributed by atoms with E-state index in [9.17, 15) is 14.5 Å². The molecule has 18 heteroatoms. The molecule has 15 nitrogen and oxygen atoms in total. The molecule has 5 atom stereocenters. The Morgan fingerprint density at radius 1 is 1.16 bits per heavy atom. The van der Waals surface area contributed by atoms with Crippen molar-refractivity contribution in [2.24, 2.45) is 5.11 Å². The number of aliphatic hydroxyl groups is 1. The number of azide groups is 1. The summed E-state index contributed by atoms with van der Waals surface area (Å²) in [7, 11) is 0.852. The Morgan fingerprint density at radius 3 is 2.61 bits per heavy atom. The smallest absolute Gasteiger partial charge is 0.343 e. The maximum absolute atomic E-state index is 13.0. The number of nitrogens with two attached hydrogens (primary N) is 1. The number of hydrogen-bond acceptors (Lipinski definition) is 12. The second kappa shape index (κ2) is 22.1. The minimum atomic E-state index is -0.662. The molecule has 0 aliphatic carbocycles. The predicted octanol–water partition coefficient (Wildman–Crippen LogP) is 8.38. The molecule has 51 heavy (non-hydrogen) atoms. The number of benzene rings is 2. The van der Waals surface area contributed by atoms with Gasteiger partial charge in [-0.15, -0.1) is 0 Å². The standard InChI is InChI=1S/C29H33N8O7P3.2C2H6/c1-2-3-10-41-20-8-9-21(18(11-20)13-33-36-31)28(39)43-19-6-4-17(5-7-19)14-42-27-25-26(34-29(30)35-27)37(16-32-25)24-12-22(38)23(44-24)15-45-47-46-40;2*1-2/h4-9,11,16,22-24,38,45,47H,2-3,10,12-15H2,1H3,(H2,30,34,35);2*1-2H3. The van der Waals surface area contributed by atoms with Crippen LogP contribution in [0.1, 0.15) is 81.6 Å². The third kappa shape index (κ3) is 11.8. The first kappa shape index (κ1) is 41.5. The zero-order valence-electron chi connectivity index (χ0n) is 29.4. The molecule has 274 valence electrons. The number of aliphatic hydroxyl groups excluding tert-OH is 1. The molecule has 0 spiro atoms. The summed E-state index contributed by atoms with van der Waals surface area (Å²) in [5, 5.41) is 14.1. The lowest BCUT2D eigenvalue weighted by Crippen LogP contribution is -2.22. The summed E-state index contributed by atoms with van der Waals surface area (Å²) in [6, 6.07) is 11.7. The van der Waals surface area contributed by atoms with Crippen LogP contribution in [0.2, 0.25) is 0 Å². The monoisotopic (exact) mass is 758 g/mol. The first-order valence-corrected chi connectivity index (χ1v) is 21.6. The first-order valence-electron chi connectivity index (χ1n) is 16.7. The normalized spacial score (nSPS) is 16.8. The lowest BCUT2D eigenvalue weighted by atomic mass is 10.1. The molecule has 0 bridgehead atoms. The van der Waals surface area contributed by atoms with Crippen LogP contribution in [0.25, 0.3) is 21.6 Å². The number of hydrogen-bond donors (Lipinski definition) is 2. The molecule has 1 saturated heterocycles. The Labute approximate surface area is 302 Å². The van der Waals surface area contributed by atoms with E-state index in [-0.39, 0.29) is 44.8 Å². The Hall–Kier alpha value is -3.95. The van der Waals surface area contributed by atoms with E-state index < -0.39 is 18.3 Å². The molecule has 5 unspecified atom stereocenters. The van der Waals surface area contributed by atoms with Crippen molar-refractivity contribution in [3.63, 3.8) is 0 Å². The maximum Gasteiger partial charge on any atom is 0.343 e. The van der Waals surface area contributed by atoms with Crippen LogP contribution >= 0.6 is 24.4 Å². The van der Waals surface area contributed by atoms with Crippen molar-refractivity contribution in [1.82, 2.24) is 19.5 Å². The molecule has 0 amide bonds. The van der Waals surface area contributed by atoms with Crippen molar-refractivity contribution >= 4 is 47.5 Å². The highest BCUT2D eigenvalue weighted by Crippen LogP contribution is 2.48. The van der Waals surface area contributed by atoms with Gasteiger partial charge >= 0.3 is 5.97 Å². The number of imidazole rings is 1. The Balaban J connectivity index is 0.00000169. The second-order valence-corrected chi connectivity index (χ2v) is 15.9. The van der Waals surface area contributed by atoms with Crippen LogP contribution in [-0.2, 0) is 22.5 Å². The van der Waals surface area contributed by atoms with Gasteiger partial charge in [0.1, 0.15) is 24.3 Å². The number of unbranched alkanes of at least 4 members (excludes halogenated alkanes) is 1. The fourth-order valence-corrected chi connectivity index (χ4v) is 8.06. The van der Waals surface area contributed by atoms with Gasteiger partial charge in [0.15, 0.2) is 19.3 Å². The molecule has 0 saturated carbocycles. The van der Waals surface area contributed by atoms with Crippen LogP contribution in [0.15, 0.2) is 53.9 Å². The van der Waals surface area contributed by atoms with Crippen molar-refractivity contribution in [3.05, 3.63) is 75.9 Å². The van der Waals surface area contributed by atoms with Gasteiger partial charge in [-0.05, 0) is 67.5 Å². The summed E-state index contributed by atoms with van der Waals surface area (Å²) in [6.07, 6.45) is 2.89. The van der Waals surface area contributed by atoms with Crippen LogP contribution in [0.3, 0.4) is 0 Å². The van der Waals surface area contributed by atoms with Crippen LogP contribution in [-0.4, -0.2) is 55.6 Å². The number of ether oxygens (including phenoxy) is 4. The highest BCUT2D eigenvalue weighted by atomic mass is 32.4. The van der Waals surface area contributed by atoms with Crippen LogP contribution < -0.4 is 19.9 Å². The lowest BCUT2D eigenvalue weighted by Gasteiger charge is -2.15. The van der Waals surface area contributed by atoms with Crippen molar-refractivity contribution < 1.29 is 33.4 Å². The molecule has 2 aromatic carbocycles. The Morgan fingerprint density at radius 2 is 1.90 bits per heavy atom. The number of carbonyl (C=O) groups excluding carboxylic acids is 1. The Bertz CT molecular complexity index is 1760. The molecule has 5 rings (SSSR count). The molecule has 1 fully saturated rings. The minimum absolute atomic E-state index is 0.0101. The molecule has 2 aromatic heterocycles. The van der Waals surface area contributed by atoms with Crippen molar-refractivity contribution in [2.45, 2.75) is 85.5 Å². The second-order valence-electron chi connectivity index (χ2n) is 10.5. The van der Waals surface area contributed by atoms with E-state index in [0.29, 0.717) is 63.6 Å². The lowest BCUT2D eigenvalue weighted by molar-refractivity contribution is -0.00389. The van der Waals surface area contributed by atoms with Gasteiger partial charge in [0.25, 0.3) is 0 Å². The van der Waals surface area contributed by atoms with Gasteiger partial charge < -0.3 is 29.8 Å². The molecule has 4 aromatic rings. The van der Waals surface area contributed by atoms with E-state index in [1.165, 1.54) is 0 Å².